The van der Waals surface area contributed by atoms with Gasteiger partial charge in [-0.1, -0.05) is 13.3 Å². The van der Waals surface area contributed by atoms with Gasteiger partial charge >= 0.3 is 0 Å². The third-order valence-corrected chi connectivity index (χ3v) is 4.66. The first kappa shape index (κ1) is 16.2. The molecule has 2 rings (SSSR count). The van der Waals surface area contributed by atoms with Crippen LogP contribution in [0.5, 0.6) is 0 Å². The quantitative estimate of drug-likeness (QED) is 0.718. The molecule has 0 saturated carbocycles. The van der Waals surface area contributed by atoms with Crippen molar-refractivity contribution in [2.75, 3.05) is 52.9 Å². The van der Waals surface area contributed by atoms with Gasteiger partial charge in [-0.05, 0) is 45.8 Å². The summed E-state index contributed by atoms with van der Waals surface area (Å²) in [6.07, 6.45) is 6.64. The Labute approximate surface area is 124 Å². The van der Waals surface area contributed by atoms with E-state index in [0.717, 1.165) is 13.2 Å². The van der Waals surface area contributed by atoms with E-state index in [4.69, 9.17) is 4.74 Å². The molecule has 0 spiro atoms. The summed E-state index contributed by atoms with van der Waals surface area (Å²) in [6, 6.07) is 0.688. The molecule has 0 aromatic rings. The van der Waals surface area contributed by atoms with Crippen LogP contribution in [0.4, 0.5) is 0 Å². The van der Waals surface area contributed by atoms with E-state index in [2.05, 4.69) is 29.1 Å². The molecule has 2 aliphatic rings. The van der Waals surface area contributed by atoms with Gasteiger partial charge in [-0.15, -0.1) is 0 Å². The highest BCUT2D eigenvalue weighted by molar-refractivity contribution is 4.77. The minimum atomic E-state index is 0.504. The molecule has 0 aromatic heterocycles. The first-order chi connectivity index (χ1) is 9.78. The lowest BCUT2D eigenvalue weighted by atomic mass is 10.00. The normalized spacial score (nSPS) is 29.7. The van der Waals surface area contributed by atoms with Crippen molar-refractivity contribution in [3.8, 4) is 0 Å². The second-order valence-corrected chi connectivity index (χ2v) is 6.46. The number of ether oxygens (including phenoxy) is 1. The molecule has 0 aromatic carbocycles. The third-order valence-electron chi connectivity index (χ3n) is 4.66. The maximum absolute atomic E-state index is 5.81. The van der Waals surface area contributed by atoms with E-state index >= 15 is 0 Å². The van der Waals surface area contributed by atoms with Gasteiger partial charge in [-0.25, -0.2) is 0 Å². The Morgan fingerprint density at radius 1 is 1.20 bits per heavy atom. The summed E-state index contributed by atoms with van der Waals surface area (Å²) in [4.78, 5) is 5.02. The fraction of sp³-hybridized carbons (Fsp3) is 1.00. The van der Waals surface area contributed by atoms with Gasteiger partial charge in [0, 0.05) is 38.8 Å². The fourth-order valence-corrected chi connectivity index (χ4v) is 3.27. The molecular formula is C16H33N3O. The van der Waals surface area contributed by atoms with Crippen LogP contribution < -0.4 is 5.32 Å². The Hall–Kier alpha value is -0.160. The van der Waals surface area contributed by atoms with E-state index in [1.165, 1.54) is 64.8 Å². The summed E-state index contributed by atoms with van der Waals surface area (Å²) in [7, 11) is 2.22. The minimum Gasteiger partial charge on any atom is -0.378 e. The van der Waals surface area contributed by atoms with Crippen molar-refractivity contribution in [2.24, 2.45) is 0 Å². The number of likely N-dealkylation sites (N-methyl/N-ethyl adjacent to an activating group) is 1. The van der Waals surface area contributed by atoms with Gasteiger partial charge in [0.25, 0.3) is 0 Å². The van der Waals surface area contributed by atoms with Gasteiger partial charge in [0.15, 0.2) is 0 Å². The van der Waals surface area contributed by atoms with Crippen molar-refractivity contribution in [3.63, 3.8) is 0 Å². The van der Waals surface area contributed by atoms with Crippen molar-refractivity contribution in [1.82, 2.24) is 15.1 Å². The zero-order valence-electron chi connectivity index (χ0n) is 13.4. The molecule has 20 heavy (non-hydrogen) atoms. The average molecular weight is 283 g/mol. The Balaban J connectivity index is 1.52. The van der Waals surface area contributed by atoms with Gasteiger partial charge in [0.2, 0.25) is 0 Å². The van der Waals surface area contributed by atoms with Crippen molar-refractivity contribution < 1.29 is 4.74 Å². The van der Waals surface area contributed by atoms with Crippen LogP contribution in [0.15, 0.2) is 0 Å². The Kier molecular flexibility index (Phi) is 7.28. The summed E-state index contributed by atoms with van der Waals surface area (Å²) in [5.74, 6) is 0. The summed E-state index contributed by atoms with van der Waals surface area (Å²) >= 11 is 0. The van der Waals surface area contributed by atoms with Gasteiger partial charge in [-0.2, -0.15) is 0 Å². The molecule has 0 bridgehead atoms. The maximum atomic E-state index is 5.81. The summed E-state index contributed by atoms with van der Waals surface area (Å²) in [6.45, 7) is 10.5. The highest BCUT2D eigenvalue weighted by Crippen LogP contribution is 2.17. The van der Waals surface area contributed by atoms with E-state index in [1.807, 2.05) is 0 Å². The zero-order valence-corrected chi connectivity index (χ0v) is 13.4. The number of nitrogens with one attached hydrogen (secondary N) is 1. The molecule has 0 amide bonds. The predicted molar refractivity (Wildman–Crippen MR) is 84.2 cm³/mol. The van der Waals surface area contributed by atoms with Gasteiger partial charge in [0.1, 0.15) is 0 Å². The monoisotopic (exact) mass is 283 g/mol. The largest absolute Gasteiger partial charge is 0.378 e. The molecule has 2 saturated heterocycles. The number of nitrogens with zero attached hydrogens (tertiary/aromatic N) is 2. The van der Waals surface area contributed by atoms with Crippen molar-refractivity contribution in [1.29, 1.82) is 0 Å². The average Bonchev–Trinajstić information content (AvgIpc) is 2.46. The molecule has 4 heteroatoms. The molecule has 118 valence electrons. The van der Waals surface area contributed by atoms with Crippen molar-refractivity contribution >= 4 is 0 Å². The topological polar surface area (TPSA) is 27.7 Å². The number of hydrogen-bond donors (Lipinski definition) is 1. The van der Waals surface area contributed by atoms with E-state index < -0.39 is 0 Å². The van der Waals surface area contributed by atoms with Crippen LogP contribution in [0.1, 0.15) is 39.0 Å². The van der Waals surface area contributed by atoms with Gasteiger partial charge in [0.05, 0.1) is 6.10 Å². The van der Waals surface area contributed by atoms with Crippen LogP contribution in [-0.2, 0) is 4.74 Å². The van der Waals surface area contributed by atoms with Crippen LogP contribution in [0.3, 0.4) is 0 Å². The highest BCUT2D eigenvalue weighted by atomic mass is 16.5. The second-order valence-electron chi connectivity index (χ2n) is 6.46. The Morgan fingerprint density at radius 2 is 2.00 bits per heavy atom. The molecule has 0 radical (unpaired) electrons. The SMILES string of the molecule is CCCC1CC(NCCCN2CCN(C)CC2)CCO1. The van der Waals surface area contributed by atoms with Crippen LogP contribution in [0, 0.1) is 0 Å². The highest BCUT2D eigenvalue weighted by Gasteiger charge is 2.21. The van der Waals surface area contributed by atoms with Crippen molar-refractivity contribution in [2.45, 2.75) is 51.2 Å². The lowest BCUT2D eigenvalue weighted by Crippen LogP contribution is -2.45. The molecule has 2 atom stereocenters. The van der Waals surface area contributed by atoms with Crippen LogP contribution in [0.25, 0.3) is 0 Å². The molecule has 1 N–H and O–H groups in total. The first-order valence-electron chi connectivity index (χ1n) is 8.54. The molecule has 2 aliphatic heterocycles. The van der Waals surface area contributed by atoms with Gasteiger partial charge < -0.3 is 19.9 Å². The van der Waals surface area contributed by atoms with Crippen LogP contribution in [-0.4, -0.2) is 74.9 Å². The van der Waals surface area contributed by atoms with E-state index in [1.54, 1.807) is 0 Å². The van der Waals surface area contributed by atoms with Crippen LogP contribution >= 0.6 is 0 Å². The first-order valence-corrected chi connectivity index (χ1v) is 8.54. The molecule has 4 nitrogen and oxygen atoms in total. The van der Waals surface area contributed by atoms with E-state index in [9.17, 15) is 0 Å². The lowest BCUT2D eigenvalue weighted by molar-refractivity contribution is -0.00322. The Morgan fingerprint density at radius 3 is 2.75 bits per heavy atom. The Bertz CT molecular complexity index is 252. The third kappa shape index (κ3) is 5.68. The van der Waals surface area contributed by atoms with Crippen LogP contribution in [0.2, 0.25) is 0 Å². The standard InChI is InChI=1S/C16H33N3O/c1-3-5-16-14-15(6-13-20-16)17-7-4-8-19-11-9-18(2)10-12-19/h15-17H,3-14H2,1-2H3. The summed E-state index contributed by atoms with van der Waals surface area (Å²) in [5.41, 5.74) is 0. The zero-order chi connectivity index (χ0) is 14.2. The van der Waals surface area contributed by atoms with E-state index in [-0.39, 0.29) is 0 Å². The second kappa shape index (κ2) is 8.98. The smallest absolute Gasteiger partial charge is 0.0589 e. The number of hydrogen-bond acceptors (Lipinski definition) is 4. The molecule has 2 unspecified atom stereocenters. The molecule has 2 fully saturated rings. The van der Waals surface area contributed by atoms with Gasteiger partial charge in [-0.3, -0.25) is 0 Å². The maximum Gasteiger partial charge on any atom is 0.0589 e. The predicted octanol–water partition coefficient (Wildman–Crippen LogP) is 1.56. The number of rotatable bonds is 7. The summed E-state index contributed by atoms with van der Waals surface area (Å²) in [5, 5.41) is 3.74. The molecule has 2 heterocycles. The molecule has 0 aliphatic carbocycles. The van der Waals surface area contributed by atoms with E-state index in [0.29, 0.717) is 12.1 Å². The minimum absolute atomic E-state index is 0.504. The number of piperazine rings is 1. The summed E-state index contributed by atoms with van der Waals surface area (Å²) < 4.78 is 5.81. The van der Waals surface area contributed by atoms with Crippen molar-refractivity contribution in [3.05, 3.63) is 0 Å². The molecular weight excluding hydrogens is 250 g/mol. The fourth-order valence-electron chi connectivity index (χ4n) is 3.27. The lowest BCUT2D eigenvalue weighted by Gasteiger charge is -2.33.